The molecule has 1 aliphatic rings. The first-order valence-electron chi connectivity index (χ1n) is 13.9. The van der Waals surface area contributed by atoms with Crippen molar-refractivity contribution in [1.82, 2.24) is 24.4 Å². The first-order chi connectivity index (χ1) is 20.5. The summed E-state index contributed by atoms with van der Waals surface area (Å²) in [7, 11) is 4.83. The van der Waals surface area contributed by atoms with Crippen LogP contribution < -0.4 is 14.2 Å². The molecule has 1 N–H and O–H groups in total. The van der Waals surface area contributed by atoms with Crippen molar-refractivity contribution in [3.05, 3.63) is 100 Å². The van der Waals surface area contributed by atoms with E-state index < -0.39 is 0 Å². The average Bonchev–Trinajstić information content (AvgIpc) is 3.54. The number of piperazine rings is 1. The van der Waals surface area contributed by atoms with E-state index in [-0.39, 0.29) is 18.0 Å². The van der Waals surface area contributed by atoms with Crippen LogP contribution in [0.2, 0.25) is 0 Å². The minimum Gasteiger partial charge on any atom is -0.493 e. The molecule has 42 heavy (non-hydrogen) atoms. The Kier molecular flexibility index (Phi) is 8.01. The van der Waals surface area contributed by atoms with Gasteiger partial charge in [-0.2, -0.15) is 4.52 Å². The molecule has 0 aliphatic carbocycles. The number of hydrogen-bond acceptors (Lipinski definition) is 9. The van der Waals surface area contributed by atoms with E-state index in [0.717, 1.165) is 36.6 Å². The molecule has 218 valence electrons. The van der Waals surface area contributed by atoms with Gasteiger partial charge in [0.05, 0.1) is 38.3 Å². The van der Waals surface area contributed by atoms with E-state index in [9.17, 15) is 5.11 Å². The van der Waals surface area contributed by atoms with Gasteiger partial charge in [0.25, 0.3) is 0 Å². The number of fused-ring (bicyclic) bond motifs is 1. The van der Waals surface area contributed by atoms with Gasteiger partial charge in [0, 0.05) is 26.2 Å². The van der Waals surface area contributed by atoms with Crippen molar-refractivity contribution in [3.63, 3.8) is 0 Å². The summed E-state index contributed by atoms with van der Waals surface area (Å²) in [6.07, 6.45) is 0. The molecule has 3 aromatic carbocycles. The number of nitrogens with zero attached hydrogens (tertiary/aromatic N) is 5. The molecule has 9 nitrogen and oxygen atoms in total. The normalized spacial score (nSPS) is 15.3. The minimum atomic E-state index is -0.276. The Morgan fingerprint density at radius 3 is 1.74 bits per heavy atom. The zero-order valence-corrected chi connectivity index (χ0v) is 25.0. The van der Waals surface area contributed by atoms with Gasteiger partial charge in [-0.25, -0.2) is 4.98 Å². The summed E-state index contributed by atoms with van der Waals surface area (Å²) in [6.45, 7) is 5.07. The van der Waals surface area contributed by atoms with Gasteiger partial charge in [-0.05, 0) is 35.7 Å². The van der Waals surface area contributed by atoms with Crippen molar-refractivity contribution >= 4 is 16.3 Å². The van der Waals surface area contributed by atoms with Crippen LogP contribution in [0.25, 0.3) is 4.96 Å². The monoisotopic (exact) mass is 585 g/mol. The Hall–Kier alpha value is -4.12. The van der Waals surface area contributed by atoms with Crippen LogP contribution in [0.3, 0.4) is 0 Å². The summed E-state index contributed by atoms with van der Waals surface area (Å²) in [6, 6.07) is 25.2. The van der Waals surface area contributed by atoms with E-state index >= 15 is 0 Å². The lowest BCUT2D eigenvalue weighted by atomic mass is 9.95. The molecule has 0 saturated carbocycles. The summed E-state index contributed by atoms with van der Waals surface area (Å²) in [4.78, 5) is 10.9. The summed E-state index contributed by atoms with van der Waals surface area (Å²) < 4.78 is 18.5. The highest BCUT2D eigenvalue weighted by Gasteiger charge is 2.35. The van der Waals surface area contributed by atoms with Gasteiger partial charge in [0.1, 0.15) is 5.82 Å². The van der Waals surface area contributed by atoms with Gasteiger partial charge >= 0.3 is 0 Å². The molecule has 5 aromatic rings. The van der Waals surface area contributed by atoms with Gasteiger partial charge in [0.2, 0.25) is 16.6 Å². The van der Waals surface area contributed by atoms with E-state index in [1.807, 2.05) is 19.1 Å². The highest BCUT2D eigenvalue weighted by atomic mass is 32.1. The maximum Gasteiger partial charge on any atom is 0.230 e. The maximum atomic E-state index is 11.4. The molecule has 1 atom stereocenters. The summed E-state index contributed by atoms with van der Waals surface area (Å²) in [5.41, 5.74) is 3.48. The highest BCUT2D eigenvalue weighted by Crippen LogP contribution is 2.46. The molecule has 3 heterocycles. The van der Waals surface area contributed by atoms with E-state index in [1.54, 1.807) is 21.3 Å². The first-order valence-corrected chi connectivity index (χ1v) is 14.8. The van der Waals surface area contributed by atoms with Gasteiger partial charge in [-0.1, -0.05) is 72.0 Å². The molecule has 0 radical (unpaired) electrons. The van der Waals surface area contributed by atoms with E-state index in [2.05, 4.69) is 80.5 Å². The number of aromatic nitrogens is 3. The third-order valence-corrected chi connectivity index (χ3v) is 8.94. The number of benzene rings is 3. The van der Waals surface area contributed by atoms with Crippen LogP contribution in [0.1, 0.15) is 39.5 Å². The number of ether oxygens (including phenoxy) is 3. The number of methoxy groups -OCH3 is 3. The molecule has 0 unspecified atom stereocenters. The predicted octanol–water partition coefficient (Wildman–Crippen LogP) is 5.33. The lowest BCUT2D eigenvalue weighted by molar-refractivity contribution is 0.0897. The number of aryl methyl sites for hydroxylation is 1. The largest absolute Gasteiger partial charge is 0.493 e. The Morgan fingerprint density at radius 1 is 0.738 bits per heavy atom. The summed E-state index contributed by atoms with van der Waals surface area (Å²) in [5.74, 6) is 2.39. The van der Waals surface area contributed by atoms with Crippen LogP contribution in [0, 0.1) is 6.92 Å². The Labute approximate surface area is 249 Å². The van der Waals surface area contributed by atoms with Crippen molar-refractivity contribution in [2.75, 3.05) is 47.5 Å². The zero-order chi connectivity index (χ0) is 29.2. The topological polar surface area (TPSA) is 84.6 Å². The Bertz CT molecular complexity index is 1580. The number of hydrogen-bond donors (Lipinski definition) is 1. The van der Waals surface area contributed by atoms with Crippen molar-refractivity contribution in [2.45, 2.75) is 19.0 Å². The number of rotatable bonds is 9. The van der Waals surface area contributed by atoms with Crippen molar-refractivity contribution in [1.29, 1.82) is 0 Å². The predicted molar refractivity (Wildman–Crippen MR) is 163 cm³/mol. The third kappa shape index (κ3) is 5.17. The second-order valence-electron chi connectivity index (χ2n) is 10.3. The minimum absolute atomic E-state index is 0.100. The highest BCUT2D eigenvalue weighted by molar-refractivity contribution is 7.17. The molecule has 1 aliphatic heterocycles. The fourth-order valence-electron chi connectivity index (χ4n) is 5.95. The van der Waals surface area contributed by atoms with Gasteiger partial charge < -0.3 is 19.3 Å². The molecular weight excluding hydrogens is 550 g/mol. The van der Waals surface area contributed by atoms with Crippen LogP contribution in [0.4, 0.5) is 0 Å². The molecule has 10 heteroatoms. The fraction of sp³-hybridized carbons (Fsp3) is 0.312. The molecule has 0 spiro atoms. The third-order valence-electron chi connectivity index (χ3n) is 7.87. The molecule has 0 amide bonds. The van der Waals surface area contributed by atoms with Crippen LogP contribution in [0.15, 0.2) is 72.8 Å². The Morgan fingerprint density at radius 2 is 1.26 bits per heavy atom. The van der Waals surface area contributed by atoms with E-state index in [1.165, 1.54) is 27.0 Å². The summed E-state index contributed by atoms with van der Waals surface area (Å²) in [5, 5.41) is 15.8. The Balaban J connectivity index is 1.38. The smallest absolute Gasteiger partial charge is 0.230 e. The van der Waals surface area contributed by atoms with Crippen LogP contribution >= 0.6 is 11.3 Å². The maximum absolute atomic E-state index is 11.4. The summed E-state index contributed by atoms with van der Waals surface area (Å²) >= 11 is 1.45. The second kappa shape index (κ2) is 12.0. The van der Waals surface area contributed by atoms with Crippen molar-refractivity contribution < 1.29 is 19.3 Å². The van der Waals surface area contributed by atoms with Gasteiger partial charge in [0.15, 0.2) is 11.5 Å². The number of thiazole rings is 1. The standard InChI is InChI=1S/C32H35N5O4S/c1-21-33-32-37(34-21)31(38)30(42-32)28(24-19-25(39-2)29(41-4)26(20-24)40-3)36-17-15-35(16-18-36)27(22-11-7-5-8-12-22)23-13-9-6-10-14-23/h5-14,19-20,27-28,38H,15-18H2,1-4H3/t28-/m1/s1. The SMILES string of the molecule is COc1cc([C@H](c2sc3nc(C)nn3c2O)N2CCN(C(c3ccccc3)c3ccccc3)CC2)cc(OC)c1OC. The van der Waals surface area contributed by atoms with Crippen LogP contribution in [-0.4, -0.2) is 77.0 Å². The molecular formula is C32H35N5O4S. The van der Waals surface area contributed by atoms with Crippen LogP contribution in [0.5, 0.6) is 23.1 Å². The van der Waals surface area contributed by atoms with Crippen LogP contribution in [-0.2, 0) is 0 Å². The van der Waals surface area contributed by atoms with E-state index in [4.69, 9.17) is 14.2 Å². The fourth-order valence-corrected chi connectivity index (χ4v) is 7.11. The lowest BCUT2D eigenvalue weighted by Gasteiger charge is -2.42. The molecule has 6 rings (SSSR count). The van der Waals surface area contributed by atoms with E-state index in [0.29, 0.717) is 28.0 Å². The van der Waals surface area contributed by atoms with Crippen molar-refractivity contribution in [2.24, 2.45) is 0 Å². The average molecular weight is 586 g/mol. The first kappa shape index (κ1) is 28.0. The molecule has 0 bridgehead atoms. The number of aromatic hydroxyl groups is 1. The zero-order valence-electron chi connectivity index (χ0n) is 24.2. The van der Waals surface area contributed by atoms with Crippen molar-refractivity contribution in [3.8, 4) is 23.1 Å². The quantitative estimate of drug-likeness (QED) is 0.249. The van der Waals surface area contributed by atoms with Gasteiger partial charge in [-0.15, -0.1) is 5.10 Å². The lowest BCUT2D eigenvalue weighted by Crippen LogP contribution is -2.49. The second-order valence-corrected chi connectivity index (χ2v) is 11.3. The molecule has 1 fully saturated rings. The molecule has 2 aromatic heterocycles. The molecule has 1 saturated heterocycles. The van der Waals surface area contributed by atoms with Gasteiger partial charge in [-0.3, -0.25) is 9.80 Å².